The number of Topliss-reactive ketones (excluding diaryl/α,β-unsaturated/α-hetero) is 1. The van der Waals surface area contributed by atoms with E-state index in [0.717, 1.165) is 11.3 Å². The van der Waals surface area contributed by atoms with Gasteiger partial charge in [-0.25, -0.2) is 0 Å². The molecule has 0 spiro atoms. The Labute approximate surface area is 165 Å². The maximum absolute atomic E-state index is 12.8. The quantitative estimate of drug-likeness (QED) is 0.499. The molecule has 0 saturated carbocycles. The number of aliphatic hydroxyl groups is 1. The van der Waals surface area contributed by atoms with Crippen molar-refractivity contribution in [3.8, 4) is 0 Å². The van der Waals surface area contributed by atoms with Crippen LogP contribution in [0.25, 0.3) is 5.76 Å². The number of aromatic nitrogens is 2. The minimum Gasteiger partial charge on any atom is -0.507 e. The maximum atomic E-state index is 12.8. The minimum absolute atomic E-state index is 0.128. The number of hydrogen-bond donors (Lipinski definition) is 1. The van der Waals surface area contributed by atoms with Gasteiger partial charge in [-0.3, -0.25) is 14.3 Å². The molecule has 1 unspecified atom stereocenters. The van der Waals surface area contributed by atoms with Gasteiger partial charge in [-0.05, 0) is 37.8 Å². The van der Waals surface area contributed by atoms with E-state index in [1.165, 1.54) is 10.5 Å². The Hall–Kier alpha value is -2.89. The summed E-state index contributed by atoms with van der Waals surface area (Å²) >= 11 is 0. The van der Waals surface area contributed by atoms with Crippen molar-refractivity contribution < 1.29 is 14.7 Å². The van der Waals surface area contributed by atoms with Crippen molar-refractivity contribution >= 4 is 17.4 Å². The zero-order valence-corrected chi connectivity index (χ0v) is 17.3. The zero-order valence-electron chi connectivity index (χ0n) is 17.3. The van der Waals surface area contributed by atoms with E-state index in [-0.39, 0.29) is 11.3 Å². The van der Waals surface area contributed by atoms with E-state index in [2.05, 4.69) is 18.9 Å². The Morgan fingerprint density at radius 2 is 1.79 bits per heavy atom. The third-order valence-corrected chi connectivity index (χ3v) is 5.55. The second-order valence-electron chi connectivity index (χ2n) is 7.58. The van der Waals surface area contributed by atoms with Crippen molar-refractivity contribution in [3.63, 3.8) is 0 Å². The van der Waals surface area contributed by atoms with Gasteiger partial charge in [-0.1, -0.05) is 38.1 Å². The first kappa shape index (κ1) is 19.9. The normalized spacial score (nSPS) is 19.1. The highest BCUT2D eigenvalue weighted by atomic mass is 16.3. The van der Waals surface area contributed by atoms with Crippen molar-refractivity contribution in [3.05, 3.63) is 57.9 Å². The average Bonchev–Trinajstić information content (AvgIpc) is 3.07. The molecule has 28 heavy (non-hydrogen) atoms. The van der Waals surface area contributed by atoms with E-state index >= 15 is 0 Å². The van der Waals surface area contributed by atoms with Gasteiger partial charge in [0, 0.05) is 19.3 Å². The van der Waals surface area contributed by atoms with E-state index in [0.29, 0.717) is 23.7 Å². The Morgan fingerprint density at radius 3 is 2.25 bits per heavy atom. The van der Waals surface area contributed by atoms with Crippen LogP contribution in [0, 0.1) is 13.8 Å². The predicted molar refractivity (Wildman–Crippen MR) is 108 cm³/mol. The highest BCUT2D eigenvalue weighted by Gasteiger charge is 2.45. The SMILES string of the molecule is CCN1C(=O)C(=O)/C(=C(/O)c2c(C)nn(C)c2C)C1c1ccc(C(C)C)cc1. The van der Waals surface area contributed by atoms with Crippen LogP contribution in [0.4, 0.5) is 0 Å². The summed E-state index contributed by atoms with van der Waals surface area (Å²) in [6, 6.07) is 7.28. The summed E-state index contributed by atoms with van der Waals surface area (Å²) in [6.45, 7) is 10.0. The van der Waals surface area contributed by atoms with Crippen molar-refractivity contribution in [2.75, 3.05) is 6.54 Å². The number of aliphatic hydroxyl groups excluding tert-OH is 1. The van der Waals surface area contributed by atoms with Crippen molar-refractivity contribution in [1.82, 2.24) is 14.7 Å². The molecule has 2 heterocycles. The van der Waals surface area contributed by atoms with E-state index in [9.17, 15) is 14.7 Å². The summed E-state index contributed by atoms with van der Waals surface area (Å²) in [7, 11) is 1.78. The van der Waals surface area contributed by atoms with Gasteiger partial charge in [0.15, 0.2) is 0 Å². The van der Waals surface area contributed by atoms with Crippen molar-refractivity contribution in [2.24, 2.45) is 7.05 Å². The minimum atomic E-state index is -0.653. The number of likely N-dealkylation sites (tertiary alicyclic amines) is 1. The van der Waals surface area contributed by atoms with Crippen LogP contribution < -0.4 is 0 Å². The van der Waals surface area contributed by atoms with Gasteiger partial charge in [0.05, 0.1) is 22.9 Å². The van der Waals surface area contributed by atoms with Gasteiger partial charge in [0.1, 0.15) is 5.76 Å². The fraction of sp³-hybridized carbons (Fsp3) is 0.409. The summed E-state index contributed by atoms with van der Waals surface area (Å²) in [4.78, 5) is 27.0. The number of aryl methyl sites for hydroxylation is 2. The number of likely N-dealkylation sites (N-methyl/N-ethyl adjacent to an activating group) is 1. The first-order valence-electron chi connectivity index (χ1n) is 9.57. The van der Waals surface area contributed by atoms with Gasteiger partial charge < -0.3 is 10.0 Å². The molecule has 0 radical (unpaired) electrons. The molecule has 0 bridgehead atoms. The Bertz CT molecular complexity index is 968. The third-order valence-electron chi connectivity index (χ3n) is 5.55. The lowest BCUT2D eigenvalue weighted by atomic mass is 9.93. The van der Waals surface area contributed by atoms with Gasteiger partial charge in [0.2, 0.25) is 0 Å². The highest BCUT2D eigenvalue weighted by Crippen LogP contribution is 2.40. The summed E-state index contributed by atoms with van der Waals surface area (Å²) < 4.78 is 1.66. The van der Waals surface area contributed by atoms with Gasteiger partial charge in [0.25, 0.3) is 11.7 Å². The number of benzene rings is 1. The lowest BCUT2D eigenvalue weighted by Crippen LogP contribution is -2.29. The summed E-state index contributed by atoms with van der Waals surface area (Å²) in [5, 5.41) is 15.4. The molecule has 6 heteroatoms. The molecule has 3 rings (SSSR count). The van der Waals surface area contributed by atoms with Crippen LogP contribution in [0.1, 0.15) is 60.8 Å². The number of amides is 1. The molecule has 0 aliphatic carbocycles. The number of nitrogens with zero attached hydrogens (tertiary/aromatic N) is 3. The van der Waals surface area contributed by atoms with Crippen LogP contribution >= 0.6 is 0 Å². The zero-order chi connectivity index (χ0) is 20.7. The van der Waals surface area contributed by atoms with Crippen LogP contribution in [-0.2, 0) is 16.6 Å². The number of carbonyl (C=O) groups excluding carboxylic acids is 2. The summed E-state index contributed by atoms with van der Waals surface area (Å²) in [5.41, 5.74) is 3.99. The number of carbonyl (C=O) groups is 2. The van der Waals surface area contributed by atoms with E-state index in [1.807, 2.05) is 38.1 Å². The van der Waals surface area contributed by atoms with Gasteiger partial charge in [-0.15, -0.1) is 0 Å². The van der Waals surface area contributed by atoms with Crippen molar-refractivity contribution in [1.29, 1.82) is 0 Å². The lowest BCUT2D eigenvalue weighted by molar-refractivity contribution is -0.139. The Balaban J connectivity index is 2.21. The summed E-state index contributed by atoms with van der Waals surface area (Å²) in [6.07, 6.45) is 0. The first-order valence-corrected chi connectivity index (χ1v) is 9.57. The molecule has 1 aromatic heterocycles. The van der Waals surface area contributed by atoms with Crippen LogP contribution in [0.15, 0.2) is 29.8 Å². The Morgan fingerprint density at radius 1 is 1.18 bits per heavy atom. The van der Waals surface area contributed by atoms with Crippen LogP contribution in [0.5, 0.6) is 0 Å². The molecule has 1 N–H and O–H groups in total. The number of ketones is 1. The summed E-state index contributed by atoms with van der Waals surface area (Å²) in [5.74, 6) is -1.01. The highest BCUT2D eigenvalue weighted by molar-refractivity contribution is 6.46. The molecule has 1 atom stereocenters. The van der Waals surface area contributed by atoms with E-state index in [4.69, 9.17) is 0 Å². The predicted octanol–water partition coefficient (Wildman–Crippen LogP) is 3.60. The fourth-order valence-electron chi connectivity index (χ4n) is 3.87. The molecule has 1 saturated heterocycles. The lowest BCUT2D eigenvalue weighted by Gasteiger charge is -2.24. The molecule has 1 aliphatic rings. The molecule has 6 nitrogen and oxygen atoms in total. The van der Waals surface area contributed by atoms with E-state index in [1.54, 1.807) is 18.7 Å². The molecule has 1 aromatic carbocycles. The number of rotatable bonds is 4. The maximum Gasteiger partial charge on any atom is 0.295 e. The largest absolute Gasteiger partial charge is 0.507 e. The Kier molecular flexibility index (Phi) is 5.15. The second-order valence-corrected chi connectivity index (χ2v) is 7.58. The smallest absolute Gasteiger partial charge is 0.295 e. The molecule has 1 amide bonds. The average molecular weight is 381 g/mol. The first-order chi connectivity index (χ1) is 13.2. The van der Waals surface area contributed by atoms with Crippen LogP contribution in [-0.4, -0.2) is 38.0 Å². The molecular weight excluding hydrogens is 354 g/mol. The monoisotopic (exact) mass is 381 g/mol. The molecule has 1 fully saturated rings. The molecule has 2 aromatic rings. The van der Waals surface area contributed by atoms with Gasteiger partial charge >= 0.3 is 0 Å². The van der Waals surface area contributed by atoms with Crippen LogP contribution in [0.3, 0.4) is 0 Å². The molecule has 148 valence electrons. The van der Waals surface area contributed by atoms with Crippen LogP contribution in [0.2, 0.25) is 0 Å². The topological polar surface area (TPSA) is 75.4 Å². The molecular formula is C22H27N3O3. The third kappa shape index (κ3) is 3.03. The van der Waals surface area contributed by atoms with E-state index < -0.39 is 17.7 Å². The molecule has 1 aliphatic heterocycles. The van der Waals surface area contributed by atoms with Crippen molar-refractivity contribution in [2.45, 2.75) is 46.6 Å². The number of hydrogen-bond acceptors (Lipinski definition) is 4. The van der Waals surface area contributed by atoms with Gasteiger partial charge in [-0.2, -0.15) is 5.10 Å². The standard InChI is InChI=1S/C22H27N3O3/c1-7-25-19(16-10-8-15(9-11-16)12(2)3)18(21(27)22(25)28)20(26)17-13(4)23-24(6)14(17)5/h8-12,19,26H,7H2,1-6H3/b20-18+. The second kappa shape index (κ2) is 7.26. The fourth-order valence-corrected chi connectivity index (χ4v) is 3.87.